The van der Waals surface area contributed by atoms with Crippen LogP contribution in [0.3, 0.4) is 0 Å². The monoisotopic (exact) mass is 306 g/mol. The predicted molar refractivity (Wildman–Crippen MR) is 67.3 cm³/mol. The minimum atomic E-state index is -1.36. The molecule has 2 aromatic rings. The molecule has 19 heavy (non-hydrogen) atoms. The molecule has 0 bridgehead atoms. The number of carbonyl (C=O) groups is 1. The second-order valence-electron chi connectivity index (χ2n) is 3.98. The molecular formula is C15H14O3Zn. The summed E-state index contributed by atoms with van der Waals surface area (Å²) in [4.78, 5) is 10.2. The van der Waals surface area contributed by atoms with Crippen molar-refractivity contribution in [3.63, 3.8) is 0 Å². The maximum Gasteiger partial charge on any atom is 0.124 e. The van der Waals surface area contributed by atoms with E-state index in [1.165, 1.54) is 52.6 Å². The van der Waals surface area contributed by atoms with Gasteiger partial charge in [0.05, 0.1) is 5.97 Å². The summed E-state index contributed by atoms with van der Waals surface area (Å²) in [5.74, 6) is -1.62. The topological polar surface area (TPSA) is 60.4 Å². The zero-order valence-corrected chi connectivity index (χ0v) is 13.8. The molecule has 0 aliphatic carbocycles. The van der Waals surface area contributed by atoms with Crippen LogP contribution in [0.4, 0.5) is 0 Å². The Morgan fingerprint density at radius 1 is 1.16 bits per heavy atom. The summed E-state index contributed by atoms with van der Waals surface area (Å²) in [6.45, 7) is 2.17. The van der Waals surface area contributed by atoms with E-state index < -0.39 is 5.97 Å². The molecule has 0 fully saturated rings. The summed E-state index contributed by atoms with van der Waals surface area (Å²) in [6.07, 6.45) is 0. The maximum atomic E-state index is 10.2. The molecule has 0 saturated heterocycles. The minimum Gasteiger partial charge on any atom is -0.545 e. The molecule has 1 N–H and O–H groups in total. The Morgan fingerprint density at radius 3 is 2.16 bits per heavy atom. The van der Waals surface area contributed by atoms with Crippen molar-refractivity contribution < 1.29 is 33.3 Å². The van der Waals surface area contributed by atoms with Crippen LogP contribution in [0.1, 0.15) is 21.5 Å². The van der Waals surface area contributed by atoms with E-state index >= 15 is 0 Å². The van der Waals surface area contributed by atoms with Gasteiger partial charge in [-0.05, 0) is 12.1 Å². The number of rotatable bonds is 2. The largest absolute Gasteiger partial charge is 0.545 e. The number of carboxylic acids is 1. The number of carbonyl (C=O) groups excluding carboxylic acids is 1. The normalized spacial score (nSPS) is 9.42. The molecule has 0 aliphatic heterocycles. The van der Waals surface area contributed by atoms with Gasteiger partial charge in [-0.15, -0.1) is 0 Å². The van der Waals surface area contributed by atoms with E-state index in [0.717, 1.165) is 0 Å². The summed E-state index contributed by atoms with van der Waals surface area (Å²) in [5.41, 5.74) is 2.77. The molecule has 94 valence electrons. The third-order valence-corrected chi connectivity index (χ3v) is 3.78. The quantitative estimate of drug-likeness (QED) is 0.861. The first-order chi connectivity index (χ1) is 9.06. The molecule has 0 aliphatic rings. The standard InChI is InChI=1S/C8H9.C7H6O3.Zn/c1-7-5-3-4-6-8(7)2;8-6-4-2-1-3-5(6)7(9)10;/h3-6H,1H2,2H3;1-4,8H,(H,9,10);/q;;+1/p-1. The van der Waals surface area contributed by atoms with Gasteiger partial charge in [-0.2, -0.15) is 0 Å². The van der Waals surface area contributed by atoms with E-state index in [2.05, 4.69) is 31.2 Å². The van der Waals surface area contributed by atoms with Crippen molar-refractivity contribution in [2.24, 2.45) is 0 Å². The summed E-state index contributed by atoms with van der Waals surface area (Å²) >= 11 is 1.37. The molecule has 0 radical (unpaired) electrons. The molecule has 0 atom stereocenters. The minimum absolute atomic E-state index is 0.178. The molecule has 2 aromatic carbocycles. The Bertz CT molecular complexity index is 553. The Labute approximate surface area is 122 Å². The van der Waals surface area contributed by atoms with E-state index in [4.69, 9.17) is 5.11 Å². The molecule has 2 rings (SSSR count). The maximum absolute atomic E-state index is 10.2. The van der Waals surface area contributed by atoms with Crippen molar-refractivity contribution in [1.29, 1.82) is 0 Å². The molecule has 0 spiro atoms. The zero-order valence-electron chi connectivity index (χ0n) is 10.8. The molecule has 0 aromatic heterocycles. The van der Waals surface area contributed by atoms with Crippen LogP contribution in [-0.4, -0.2) is 11.1 Å². The molecule has 4 heteroatoms. The second kappa shape index (κ2) is 7.70. The van der Waals surface area contributed by atoms with Crippen LogP contribution in [0.2, 0.25) is 0 Å². The molecular weight excluding hydrogens is 294 g/mol. The fraction of sp³-hybridized carbons (Fsp3) is 0.133. The van der Waals surface area contributed by atoms with Gasteiger partial charge in [-0.3, -0.25) is 0 Å². The molecule has 0 unspecified atom stereocenters. The summed E-state index contributed by atoms with van der Waals surface area (Å²) in [7, 11) is 0. The van der Waals surface area contributed by atoms with Crippen molar-refractivity contribution in [2.45, 2.75) is 11.9 Å². The van der Waals surface area contributed by atoms with Gasteiger partial charge < -0.3 is 15.0 Å². The van der Waals surface area contributed by atoms with Gasteiger partial charge in [0.25, 0.3) is 0 Å². The van der Waals surface area contributed by atoms with Gasteiger partial charge in [0.15, 0.2) is 0 Å². The average molecular weight is 308 g/mol. The number of carboxylic acid groups (broad SMARTS) is 1. The van der Waals surface area contributed by atoms with Gasteiger partial charge >= 0.3 is 65.6 Å². The Morgan fingerprint density at radius 2 is 1.74 bits per heavy atom. The van der Waals surface area contributed by atoms with Crippen LogP contribution in [0.5, 0.6) is 5.75 Å². The number of aromatic hydroxyl groups is 1. The van der Waals surface area contributed by atoms with Crippen molar-refractivity contribution in [3.05, 3.63) is 65.2 Å². The van der Waals surface area contributed by atoms with E-state index in [-0.39, 0.29) is 11.3 Å². The van der Waals surface area contributed by atoms with E-state index in [1.807, 2.05) is 0 Å². The van der Waals surface area contributed by atoms with Crippen LogP contribution in [0, 0.1) is 6.92 Å². The van der Waals surface area contributed by atoms with Crippen LogP contribution >= 0.6 is 0 Å². The smallest absolute Gasteiger partial charge is 0.124 e. The van der Waals surface area contributed by atoms with Crippen molar-refractivity contribution >= 4 is 5.97 Å². The SMILES string of the molecule is Cc1ccccc1[CH2][Zn+].O=C([O-])c1ccccc1O. The van der Waals surface area contributed by atoms with Crippen molar-refractivity contribution in [3.8, 4) is 5.75 Å². The number of para-hydroxylation sites is 1. The average Bonchev–Trinajstić information content (AvgIpc) is 2.40. The van der Waals surface area contributed by atoms with Crippen LogP contribution in [0.15, 0.2) is 48.5 Å². The van der Waals surface area contributed by atoms with Gasteiger partial charge in [-0.1, -0.05) is 12.1 Å². The number of hydrogen-bond donors (Lipinski definition) is 1. The fourth-order valence-corrected chi connectivity index (χ4v) is 2.71. The summed E-state index contributed by atoms with van der Waals surface area (Å²) < 4.78 is 0. The first kappa shape index (κ1) is 15.4. The molecule has 0 saturated carbocycles. The van der Waals surface area contributed by atoms with E-state index in [9.17, 15) is 9.90 Å². The van der Waals surface area contributed by atoms with Gasteiger partial charge in [0.1, 0.15) is 5.75 Å². The Hall–Kier alpha value is -1.67. The third-order valence-electron chi connectivity index (χ3n) is 2.65. The van der Waals surface area contributed by atoms with Gasteiger partial charge in [-0.25, -0.2) is 0 Å². The summed E-state index contributed by atoms with van der Waals surface area (Å²) in [5, 5.41) is 20.3. The Kier molecular flexibility index (Phi) is 6.24. The predicted octanol–water partition coefficient (Wildman–Crippen LogP) is 1.80. The van der Waals surface area contributed by atoms with E-state index in [0.29, 0.717) is 0 Å². The number of aromatic carboxylic acids is 1. The van der Waals surface area contributed by atoms with Crippen molar-refractivity contribution in [2.75, 3.05) is 0 Å². The van der Waals surface area contributed by atoms with Crippen LogP contribution in [-0.2, 0) is 23.3 Å². The Balaban J connectivity index is 0.000000191. The van der Waals surface area contributed by atoms with Crippen molar-refractivity contribution in [1.82, 2.24) is 0 Å². The first-order valence-electron chi connectivity index (χ1n) is 5.89. The number of hydrogen-bond acceptors (Lipinski definition) is 3. The molecule has 3 nitrogen and oxygen atoms in total. The number of aryl methyl sites for hydroxylation is 1. The van der Waals surface area contributed by atoms with Crippen LogP contribution < -0.4 is 5.11 Å². The van der Waals surface area contributed by atoms with Crippen LogP contribution in [0.25, 0.3) is 0 Å². The molecule has 0 amide bonds. The fourth-order valence-electron chi connectivity index (χ4n) is 1.54. The first-order valence-corrected chi connectivity index (χ1v) is 7.99. The number of phenols is 1. The van der Waals surface area contributed by atoms with E-state index in [1.54, 1.807) is 6.07 Å². The van der Waals surface area contributed by atoms with Gasteiger partial charge in [0, 0.05) is 5.56 Å². The number of benzene rings is 2. The third kappa shape index (κ3) is 4.84. The molecule has 0 heterocycles. The zero-order chi connectivity index (χ0) is 14.3. The van der Waals surface area contributed by atoms with Gasteiger partial charge in [0.2, 0.25) is 0 Å². The second-order valence-corrected chi connectivity index (χ2v) is 5.03. The summed E-state index contributed by atoms with van der Waals surface area (Å²) in [6, 6.07) is 14.2.